The lowest BCUT2D eigenvalue weighted by Crippen LogP contribution is -2.21. The summed E-state index contributed by atoms with van der Waals surface area (Å²) >= 11 is 0. The fourth-order valence-corrected chi connectivity index (χ4v) is 1.22. The van der Waals surface area contributed by atoms with Crippen molar-refractivity contribution in [1.82, 2.24) is 15.3 Å². The van der Waals surface area contributed by atoms with Crippen LogP contribution < -0.4 is 14.8 Å². The molecule has 0 amide bonds. The molecular formula is C11H19N3O2. The van der Waals surface area contributed by atoms with Gasteiger partial charge in [0, 0.05) is 6.54 Å². The van der Waals surface area contributed by atoms with Crippen LogP contribution in [0.5, 0.6) is 11.8 Å². The largest absolute Gasteiger partial charge is 0.481 e. The van der Waals surface area contributed by atoms with E-state index in [4.69, 9.17) is 9.47 Å². The summed E-state index contributed by atoms with van der Waals surface area (Å²) in [5, 5.41) is 3.25. The minimum Gasteiger partial charge on any atom is -0.481 e. The Hall–Kier alpha value is -1.36. The van der Waals surface area contributed by atoms with Gasteiger partial charge in [-0.25, -0.2) is 0 Å². The van der Waals surface area contributed by atoms with E-state index in [0.717, 1.165) is 19.5 Å². The molecule has 1 aromatic rings. The van der Waals surface area contributed by atoms with E-state index in [9.17, 15) is 0 Å². The van der Waals surface area contributed by atoms with Crippen LogP contribution in [0.3, 0.4) is 0 Å². The minimum absolute atomic E-state index is 0.531. The Morgan fingerprint density at radius 3 is 2.69 bits per heavy atom. The number of methoxy groups -OCH3 is 1. The molecule has 1 N–H and O–H groups in total. The average Bonchev–Trinajstić information content (AvgIpc) is 2.28. The first kappa shape index (κ1) is 12.7. The number of rotatable bonds is 7. The summed E-state index contributed by atoms with van der Waals surface area (Å²) < 4.78 is 10.5. The SMILES string of the molecule is CCCNCCOc1cc(OC)nc(C)n1. The van der Waals surface area contributed by atoms with Crippen LogP contribution in [-0.4, -0.2) is 36.8 Å². The molecule has 0 unspecified atom stereocenters. The van der Waals surface area contributed by atoms with Gasteiger partial charge in [-0.1, -0.05) is 6.92 Å². The molecule has 0 aliphatic carbocycles. The first-order valence-electron chi connectivity index (χ1n) is 5.49. The third-order valence-electron chi connectivity index (χ3n) is 1.96. The third kappa shape index (κ3) is 4.44. The number of aromatic nitrogens is 2. The van der Waals surface area contributed by atoms with Crippen molar-refractivity contribution in [2.75, 3.05) is 26.8 Å². The van der Waals surface area contributed by atoms with Crippen LogP contribution >= 0.6 is 0 Å². The number of ether oxygens (including phenoxy) is 2. The first-order chi connectivity index (χ1) is 7.76. The van der Waals surface area contributed by atoms with E-state index in [1.165, 1.54) is 0 Å². The lowest BCUT2D eigenvalue weighted by atomic mass is 10.5. The second-order valence-electron chi connectivity index (χ2n) is 3.39. The van der Waals surface area contributed by atoms with E-state index in [1.54, 1.807) is 13.2 Å². The Kier molecular flexibility index (Phi) is 5.56. The zero-order valence-corrected chi connectivity index (χ0v) is 10.1. The standard InChI is InChI=1S/C11H19N3O2/c1-4-5-12-6-7-16-11-8-10(15-3)13-9(2)14-11/h8,12H,4-7H2,1-3H3. The van der Waals surface area contributed by atoms with Gasteiger partial charge in [-0.3, -0.25) is 0 Å². The highest BCUT2D eigenvalue weighted by Crippen LogP contribution is 2.14. The molecule has 0 bridgehead atoms. The normalized spacial score (nSPS) is 10.2. The van der Waals surface area contributed by atoms with E-state index < -0.39 is 0 Å². The zero-order valence-electron chi connectivity index (χ0n) is 10.1. The van der Waals surface area contributed by atoms with E-state index in [1.807, 2.05) is 6.92 Å². The molecule has 5 heteroatoms. The van der Waals surface area contributed by atoms with Gasteiger partial charge in [-0.05, 0) is 19.9 Å². The van der Waals surface area contributed by atoms with Gasteiger partial charge in [-0.15, -0.1) is 0 Å². The quantitative estimate of drug-likeness (QED) is 0.706. The highest BCUT2D eigenvalue weighted by Gasteiger charge is 2.02. The van der Waals surface area contributed by atoms with Crippen LogP contribution in [0.4, 0.5) is 0 Å². The highest BCUT2D eigenvalue weighted by molar-refractivity contribution is 5.20. The minimum atomic E-state index is 0.531. The molecule has 0 spiro atoms. The average molecular weight is 225 g/mol. The molecule has 1 heterocycles. The Labute approximate surface area is 96.2 Å². The fourth-order valence-electron chi connectivity index (χ4n) is 1.22. The number of nitrogens with one attached hydrogen (secondary N) is 1. The first-order valence-corrected chi connectivity index (χ1v) is 5.49. The van der Waals surface area contributed by atoms with Gasteiger partial charge in [0.1, 0.15) is 12.4 Å². The Morgan fingerprint density at radius 2 is 2.00 bits per heavy atom. The summed E-state index contributed by atoms with van der Waals surface area (Å²) in [4.78, 5) is 8.24. The van der Waals surface area contributed by atoms with Gasteiger partial charge < -0.3 is 14.8 Å². The summed E-state index contributed by atoms with van der Waals surface area (Å²) in [6.45, 7) is 6.37. The fraction of sp³-hybridized carbons (Fsp3) is 0.636. The molecule has 90 valence electrons. The highest BCUT2D eigenvalue weighted by atomic mass is 16.5. The molecule has 0 aromatic carbocycles. The smallest absolute Gasteiger partial charge is 0.220 e. The van der Waals surface area contributed by atoms with Crippen molar-refractivity contribution in [1.29, 1.82) is 0 Å². The molecule has 1 aromatic heterocycles. The lowest BCUT2D eigenvalue weighted by Gasteiger charge is -2.07. The van der Waals surface area contributed by atoms with Crippen LogP contribution in [0.2, 0.25) is 0 Å². The van der Waals surface area contributed by atoms with E-state index in [2.05, 4.69) is 22.2 Å². The molecule has 0 saturated heterocycles. The molecular weight excluding hydrogens is 206 g/mol. The van der Waals surface area contributed by atoms with E-state index in [0.29, 0.717) is 24.2 Å². The maximum atomic E-state index is 5.48. The summed E-state index contributed by atoms with van der Waals surface area (Å²) in [6.07, 6.45) is 1.13. The van der Waals surface area contributed by atoms with Crippen LogP contribution in [-0.2, 0) is 0 Å². The number of nitrogens with zero attached hydrogens (tertiary/aromatic N) is 2. The summed E-state index contributed by atoms with van der Waals surface area (Å²) in [7, 11) is 1.58. The Morgan fingerprint density at radius 1 is 1.25 bits per heavy atom. The number of hydrogen-bond donors (Lipinski definition) is 1. The van der Waals surface area contributed by atoms with Gasteiger partial charge in [0.2, 0.25) is 11.8 Å². The zero-order chi connectivity index (χ0) is 11.8. The molecule has 0 fully saturated rings. The predicted molar refractivity (Wildman–Crippen MR) is 62.0 cm³/mol. The molecule has 0 radical (unpaired) electrons. The molecule has 0 atom stereocenters. The maximum Gasteiger partial charge on any atom is 0.220 e. The predicted octanol–water partition coefficient (Wildman–Crippen LogP) is 1.17. The summed E-state index contributed by atoms with van der Waals surface area (Å²) in [6, 6.07) is 1.69. The van der Waals surface area contributed by atoms with Gasteiger partial charge in [-0.2, -0.15) is 9.97 Å². The van der Waals surface area contributed by atoms with Crippen LogP contribution in [0.25, 0.3) is 0 Å². The molecule has 1 rings (SSSR count). The van der Waals surface area contributed by atoms with Crippen molar-refractivity contribution in [2.45, 2.75) is 20.3 Å². The lowest BCUT2D eigenvalue weighted by molar-refractivity contribution is 0.297. The van der Waals surface area contributed by atoms with Gasteiger partial charge in [0.05, 0.1) is 13.2 Å². The van der Waals surface area contributed by atoms with Crippen molar-refractivity contribution in [3.8, 4) is 11.8 Å². The Bertz CT molecular complexity index is 318. The topological polar surface area (TPSA) is 56.3 Å². The van der Waals surface area contributed by atoms with Crippen molar-refractivity contribution in [3.05, 3.63) is 11.9 Å². The van der Waals surface area contributed by atoms with Crippen molar-refractivity contribution in [2.24, 2.45) is 0 Å². The molecule has 16 heavy (non-hydrogen) atoms. The number of hydrogen-bond acceptors (Lipinski definition) is 5. The van der Waals surface area contributed by atoms with E-state index in [-0.39, 0.29) is 0 Å². The maximum absolute atomic E-state index is 5.48. The summed E-state index contributed by atoms with van der Waals surface area (Å²) in [5.41, 5.74) is 0. The van der Waals surface area contributed by atoms with Crippen LogP contribution in [0.15, 0.2) is 6.07 Å². The van der Waals surface area contributed by atoms with Crippen LogP contribution in [0.1, 0.15) is 19.2 Å². The van der Waals surface area contributed by atoms with Gasteiger partial charge in [0.15, 0.2) is 0 Å². The van der Waals surface area contributed by atoms with Crippen molar-refractivity contribution in [3.63, 3.8) is 0 Å². The van der Waals surface area contributed by atoms with Gasteiger partial charge >= 0.3 is 0 Å². The third-order valence-corrected chi connectivity index (χ3v) is 1.96. The Balaban J connectivity index is 2.38. The second-order valence-corrected chi connectivity index (χ2v) is 3.39. The molecule has 0 saturated carbocycles. The van der Waals surface area contributed by atoms with Crippen molar-refractivity contribution >= 4 is 0 Å². The molecule has 0 aliphatic heterocycles. The van der Waals surface area contributed by atoms with Crippen LogP contribution in [0, 0.1) is 6.92 Å². The summed E-state index contributed by atoms with van der Waals surface area (Å²) in [5.74, 6) is 1.74. The van der Waals surface area contributed by atoms with Crippen molar-refractivity contribution < 1.29 is 9.47 Å². The molecule has 0 aliphatic rings. The van der Waals surface area contributed by atoms with Gasteiger partial charge in [0.25, 0.3) is 0 Å². The number of aryl methyl sites for hydroxylation is 1. The van der Waals surface area contributed by atoms with E-state index >= 15 is 0 Å². The molecule has 5 nitrogen and oxygen atoms in total. The second kappa shape index (κ2) is 7.00. The monoisotopic (exact) mass is 225 g/mol.